The summed E-state index contributed by atoms with van der Waals surface area (Å²) in [6.45, 7) is 3.44. The minimum atomic E-state index is -3.53. The first-order valence-corrected chi connectivity index (χ1v) is 6.35. The Morgan fingerprint density at radius 2 is 2.27 bits per heavy atom. The van der Waals surface area contributed by atoms with Crippen LogP contribution in [0, 0.1) is 0 Å². The Morgan fingerprint density at radius 3 is 2.80 bits per heavy atom. The molecule has 0 bridgehead atoms. The molecule has 1 aliphatic rings. The van der Waals surface area contributed by atoms with Crippen molar-refractivity contribution in [3.63, 3.8) is 0 Å². The molecule has 0 aromatic heterocycles. The van der Waals surface area contributed by atoms with Crippen molar-refractivity contribution < 1.29 is 17.9 Å². The highest BCUT2D eigenvalue weighted by molar-refractivity contribution is 7.89. The summed E-state index contributed by atoms with van der Waals surface area (Å²) in [5, 5.41) is 3.08. The lowest BCUT2D eigenvalue weighted by atomic mass is 10.3. The van der Waals surface area contributed by atoms with Gasteiger partial charge in [-0.1, -0.05) is 0 Å². The molecule has 0 amide bonds. The van der Waals surface area contributed by atoms with Crippen LogP contribution < -0.4 is 5.32 Å². The van der Waals surface area contributed by atoms with Crippen molar-refractivity contribution in [3.05, 3.63) is 0 Å². The van der Waals surface area contributed by atoms with E-state index < -0.39 is 21.7 Å². The quantitative estimate of drug-likeness (QED) is 0.622. The van der Waals surface area contributed by atoms with Crippen LogP contribution in [0.1, 0.15) is 6.92 Å². The van der Waals surface area contributed by atoms with E-state index in [2.05, 4.69) is 10.1 Å². The predicted molar refractivity (Wildman–Crippen MR) is 54.8 cm³/mol. The topological polar surface area (TPSA) is 75.7 Å². The number of hydrogen-bond acceptors (Lipinski definition) is 5. The van der Waals surface area contributed by atoms with E-state index in [0.717, 1.165) is 0 Å². The highest BCUT2D eigenvalue weighted by atomic mass is 32.2. The Hall–Kier alpha value is -0.660. The summed E-state index contributed by atoms with van der Waals surface area (Å²) in [5.41, 5.74) is 0. The average Bonchev–Trinajstić information content (AvgIpc) is 2.17. The Labute approximate surface area is 89.6 Å². The zero-order valence-corrected chi connectivity index (χ0v) is 9.71. The van der Waals surface area contributed by atoms with Crippen LogP contribution in [0.15, 0.2) is 0 Å². The van der Waals surface area contributed by atoms with Gasteiger partial charge in [-0.15, -0.1) is 0 Å². The molecule has 0 aromatic carbocycles. The third kappa shape index (κ3) is 3.15. The molecule has 0 radical (unpaired) electrons. The van der Waals surface area contributed by atoms with Gasteiger partial charge in [0.1, 0.15) is 0 Å². The predicted octanol–water partition coefficient (Wildman–Crippen LogP) is -1.22. The summed E-state index contributed by atoms with van der Waals surface area (Å²) < 4.78 is 29.2. The number of esters is 1. The van der Waals surface area contributed by atoms with E-state index >= 15 is 0 Å². The molecule has 6 nitrogen and oxygen atoms in total. The van der Waals surface area contributed by atoms with Crippen molar-refractivity contribution in [1.82, 2.24) is 9.62 Å². The normalized spacial score (nSPS) is 23.7. The van der Waals surface area contributed by atoms with Crippen molar-refractivity contribution in [2.45, 2.75) is 13.0 Å². The van der Waals surface area contributed by atoms with Crippen LogP contribution in [0.4, 0.5) is 0 Å². The van der Waals surface area contributed by atoms with Crippen molar-refractivity contribution >= 4 is 16.0 Å². The van der Waals surface area contributed by atoms with Crippen LogP contribution >= 0.6 is 0 Å². The number of ether oxygens (including phenoxy) is 1. The highest BCUT2D eigenvalue weighted by Gasteiger charge is 2.31. The maximum atomic E-state index is 11.8. The van der Waals surface area contributed by atoms with Gasteiger partial charge >= 0.3 is 5.97 Å². The zero-order chi connectivity index (χ0) is 11.5. The molecule has 1 unspecified atom stereocenters. The third-order valence-corrected chi connectivity index (χ3v) is 4.18. The van der Waals surface area contributed by atoms with Gasteiger partial charge in [0.15, 0.2) is 5.75 Å². The molecule has 0 spiro atoms. The van der Waals surface area contributed by atoms with Crippen LogP contribution in [0.3, 0.4) is 0 Å². The Kier molecular flexibility index (Phi) is 4.06. The van der Waals surface area contributed by atoms with Gasteiger partial charge in [0.2, 0.25) is 10.0 Å². The number of hydrogen-bond donors (Lipinski definition) is 1. The number of sulfonamides is 1. The fourth-order valence-corrected chi connectivity index (χ4v) is 3.10. The van der Waals surface area contributed by atoms with Gasteiger partial charge in [-0.25, -0.2) is 8.42 Å². The van der Waals surface area contributed by atoms with E-state index in [4.69, 9.17) is 0 Å². The third-order valence-electron chi connectivity index (χ3n) is 2.33. The second kappa shape index (κ2) is 4.91. The molecule has 1 fully saturated rings. The van der Waals surface area contributed by atoms with Crippen LogP contribution in [-0.2, 0) is 19.6 Å². The average molecular weight is 236 g/mol. The largest absolute Gasteiger partial charge is 0.468 e. The molecule has 1 heterocycles. The standard InChI is InChI=1S/C8H16N2O4S/c1-7-5-9-3-4-10(7)15(12,13)6-8(11)14-2/h7,9H,3-6H2,1-2H3. The monoisotopic (exact) mass is 236 g/mol. The number of rotatable bonds is 3. The van der Waals surface area contributed by atoms with Gasteiger partial charge in [0.25, 0.3) is 0 Å². The molecule has 0 saturated carbocycles. The second-order valence-corrected chi connectivity index (χ2v) is 5.42. The number of methoxy groups -OCH3 is 1. The van der Waals surface area contributed by atoms with Gasteiger partial charge in [-0.05, 0) is 6.92 Å². The molecule has 88 valence electrons. The smallest absolute Gasteiger partial charge is 0.322 e. The minimum Gasteiger partial charge on any atom is -0.468 e. The van der Waals surface area contributed by atoms with Crippen molar-refractivity contribution in [2.24, 2.45) is 0 Å². The Bertz CT molecular complexity index is 328. The first kappa shape index (κ1) is 12.4. The summed E-state index contributed by atoms with van der Waals surface area (Å²) in [6, 6.07) is -0.117. The maximum absolute atomic E-state index is 11.8. The summed E-state index contributed by atoms with van der Waals surface area (Å²) in [5.74, 6) is -1.30. The lowest BCUT2D eigenvalue weighted by molar-refractivity contribution is -0.137. The van der Waals surface area contributed by atoms with Crippen molar-refractivity contribution in [2.75, 3.05) is 32.5 Å². The van der Waals surface area contributed by atoms with E-state index in [1.807, 2.05) is 0 Å². The molecule has 0 aromatic rings. The molecule has 15 heavy (non-hydrogen) atoms. The molecule has 0 aliphatic carbocycles. The fourth-order valence-electron chi connectivity index (χ4n) is 1.53. The van der Waals surface area contributed by atoms with E-state index in [1.165, 1.54) is 11.4 Å². The molecule has 1 atom stereocenters. The maximum Gasteiger partial charge on any atom is 0.322 e. The minimum absolute atomic E-state index is 0.117. The summed E-state index contributed by atoms with van der Waals surface area (Å²) in [7, 11) is -2.35. The Balaban J connectivity index is 2.71. The first-order valence-electron chi connectivity index (χ1n) is 4.74. The number of carbonyl (C=O) groups excluding carboxylic acids is 1. The van der Waals surface area contributed by atoms with Crippen LogP contribution in [0.5, 0.6) is 0 Å². The molecule has 1 N–H and O–H groups in total. The van der Waals surface area contributed by atoms with Crippen LogP contribution in [-0.4, -0.2) is 57.2 Å². The lowest BCUT2D eigenvalue weighted by Crippen LogP contribution is -2.53. The Morgan fingerprint density at radius 1 is 1.60 bits per heavy atom. The van der Waals surface area contributed by atoms with Crippen molar-refractivity contribution in [3.8, 4) is 0 Å². The first-order chi connectivity index (χ1) is 6.97. The van der Waals surface area contributed by atoms with Crippen molar-refractivity contribution in [1.29, 1.82) is 0 Å². The number of piperazine rings is 1. The van der Waals surface area contributed by atoms with Gasteiger partial charge in [-0.2, -0.15) is 4.31 Å². The second-order valence-electron chi connectivity index (χ2n) is 3.50. The number of nitrogens with zero attached hydrogens (tertiary/aromatic N) is 1. The summed E-state index contributed by atoms with van der Waals surface area (Å²) >= 11 is 0. The van der Waals surface area contributed by atoms with E-state index in [-0.39, 0.29) is 6.04 Å². The molecule has 1 aliphatic heterocycles. The lowest BCUT2D eigenvalue weighted by Gasteiger charge is -2.32. The molecule has 1 rings (SSSR count). The van der Waals surface area contributed by atoms with Crippen LogP contribution in [0.25, 0.3) is 0 Å². The molecule has 7 heteroatoms. The SMILES string of the molecule is COC(=O)CS(=O)(=O)N1CCNCC1C. The fraction of sp³-hybridized carbons (Fsp3) is 0.875. The van der Waals surface area contributed by atoms with E-state index in [0.29, 0.717) is 19.6 Å². The summed E-state index contributed by atoms with van der Waals surface area (Å²) in [4.78, 5) is 10.9. The van der Waals surface area contributed by atoms with Gasteiger partial charge in [0, 0.05) is 25.7 Å². The molecular formula is C8H16N2O4S. The highest BCUT2D eigenvalue weighted by Crippen LogP contribution is 2.10. The van der Waals surface area contributed by atoms with E-state index in [1.54, 1.807) is 6.92 Å². The molecular weight excluding hydrogens is 220 g/mol. The number of carbonyl (C=O) groups is 1. The van der Waals surface area contributed by atoms with Crippen LogP contribution in [0.2, 0.25) is 0 Å². The van der Waals surface area contributed by atoms with Gasteiger partial charge in [0.05, 0.1) is 7.11 Å². The summed E-state index contributed by atoms with van der Waals surface area (Å²) in [6.07, 6.45) is 0. The van der Waals surface area contributed by atoms with Gasteiger partial charge < -0.3 is 10.1 Å². The number of nitrogens with one attached hydrogen (secondary N) is 1. The van der Waals surface area contributed by atoms with E-state index in [9.17, 15) is 13.2 Å². The van der Waals surface area contributed by atoms with Gasteiger partial charge in [-0.3, -0.25) is 4.79 Å². The zero-order valence-electron chi connectivity index (χ0n) is 8.89. The molecule has 1 saturated heterocycles.